The summed E-state index contributed by atoms with van der Waals surface area (Å²) in [4.78, 5) is 52.7. The summed E-state index contributed by atoms with van der Waals surface area (Å²) in [6, 6.07) is 8.28. The molecule has 3 aliphatic rings. The van der Waals surface area contributed by atoms with Crippen LogP contribution in [0.3, 0.4) is 0 Å². The molecule has 0 radical (unpaired) electrons. The third-order valence-corrected chi connectivity index (χ3v) is 8.17. The van der Waals surface area contributed by atoms with E-state index in [0.717, 1.165) is 21.9 Å². The van der Waals surface area contributed by atoms with Gasteiger partial charge >= 0.3 is 0 Å². The van der Waals surface area contributed by atoms with Gasteiger partial charge in [-0.2, -0.15) is 5.26 Å². The standard InChI is InChI=1S/C30H24F4N6O3/c31-19-11-20(32)13-22(12-19)40(27(42)23-3-4-25(41)39(23)24-10-17(16-35)6-9-36-24)30(7-5-18-2-1-8-37-26(18)30)28(43)38-21-14-29(33,34)15-21/h1-2,6,8-13,21,23H,3-5,7,14-15H2,(H,38,43)/t23-,30-/m0/s1. The van der Waals surface area contributed by atoms with Crippen molar-refractivity contribution in [2.45, 2.75) is 62.1 Å². The molecule has 9 nitrogen and oxygen atoms in total. The topological polar surface area (TPSA) is 119 Å². The molecule has 1 saturated heterocycles. The van der Waals surface area contributed by atoms with Gasteiger partial charge in [0.15, 0.2) is 5.54 Å². The van der Waals surface area contributed by atoms with Gasteiger partial charge in [0.2, 0.25) is 5.91 Å². The molecule has 43 heavy (non-hydrogen) atoms. The van der Waals surface area contributed by atoms with Crippen molar-refractivity contribution in [2.75, 3.05) is 9.80 Å². The Morgan fingerprint density at radius 1 is 1.05 bits per heavy atom. The predicted molar refractivity (Wildman–Crippen MR) is 144 cm³/mol. The summed E-state index contributed by atoms with van der Waals surface area (Å²) < 4.78 is 56.8. The van der Waals surface area contributed by atoms with Crippen molar-refractivity contribution in [1.82, 2.24) is 15.3 Å². The van der Waals surface area contributed by atoms with Crippen molar-refractivity contribution < 1.29 is 31.9 Å². The van der Waals surface area contributed by atoms with Crippen molar-refractivity contribution in [1.29, 1.82) is 5.26 Å². The fraction of sp³-hybridized carbons (Fsp3) is 0.333. The van der Waals surface area contributed by atoms with Crippen LogP contribution >= 0.6 is 0 Å². The molecule has 1 aliphatic heterocycles. The number of anilines is 2. The number of nitriles is 1. The number of carbonyl (C=O) groups is 3. The van der Waals surface area contributed by atoms with E-state index in [1.54, 1.807) is 12.1 Å². The number of fused-ring (bicyclic) bond motifs is 1. The van der Waals surface area contributed by atoms with Crippen LogP contribution in [0.25, 0.3) is 0 Å². The molecule has 0 bridgehead atoms. The molecule has 2 aliphatic carbocycles. The Morgan fingerprint density at radius 3 is 2.49 bits per heavy atom. The first-order chi connectivity index (χ1) is 20.5. The van der Waals surface area contributed by atoms with Gasteiger partial charge in [-0.15, -0.1) is 0 Å². The second-order valence-electron chi connectivity index (χ2n) is 10.9. The van der Waals surface area contributed by atoms with Gasteiger partial charge < -0.3 is 5.32 Å². The molecule has 3 heterocycles. The number of aromatic nitrogens is 2. The Morgan fingerprint density at radius 2 is 1.79 bits per heavy atom. The zero-order chi connectivity index (χ0) is 30.5. The molecule has 220 valence electrons. The summed E-state index contributed by atoms with van der Waals surface area (Å²) in [7, 11) is 0. The van der Waals surface area contributed by atoms with Gasteiger partial charge in [-0.1, -0.05) is 6.07 Å². The summed E-state index contributed by atoms with van der Waals surface area (Å²) in [6.07, 6.45) is 1.59. The normalized spacial score (nSPS) is 22.4. The number of hydrogen-bond donors (Lipinski definition) is 1. The minimum absolute atomic E-state index is 0.0189. The van der Waals surface area contributed by atoms with Gasteiger partial charge in [-0.3, -0.25) is 29.2 Å². The van der Waals surface area contributed by atoms with Crippen LogP contribution in [0.15, 0.2) is 54.9 Å². The first-order valence-corrected chi connectivity index (χ1v) is 13.6. The Bertz CT molecular complexity index is 1670. The molecule has 2 aromatic heterocycles. The summed E-state index contributed by atoms with van der Waals surface area (Å²) in [5, 5.41) is 12.0. The molecular weight excluding hydrogens is 568 g/mol. The third-order valence-electron chi connectivity index (χ3n) is 8.17. The van der Waals surface area contributed by atoms with E-state index in [4.69, 9.17) is 0 Å². The zero-order valence-corrected chi connectivity index (χ0v) is 22.6. The fourth-order valence-corrected chi connectivity index (χ4v) is 6.23. The van der Waals surface area contributed by atoms with E-state index in [9.17, 15) is 37.2 Å². The molecule has 1 N–H and O–H groups in total. The Balaban J connectivity index is 1.51. The van der Waals surface area contributed by atoms with E-state index in [2.05, 4.69) is 15.3 Å². The highest BCUT2D eigenvalue weighted by Gasteiger charge is 2.58. The minimum Gasteiger partial charge on any atom is -0.351 e. The Hall–Kier alpha value is -4.86. The van der Waals surface area contributed by atoms with E-state index in [1.165, 1.54) is 24.5 Å². The number of pyridine rings is 2. The van der Waals surface area contributed by atoms with Crippen LogP contribution in [0.4, 0.5) is 29.1 Å². The molecule has 2 atom stereocenters. The monoisotopic (exact) mass is 592 g/mol. The molecule has 1 saturated carbocycles. The van der Waals surface area contributed by atoms with Gasteiger partial charge in [0, 0.05) is 43.8 Å². The van der Waals surface area contributed by atoms with E-state index >= 15 is 0 Å². The lowest BCUT2D eigenvalue weighted by molar-refractivity contribution is -0.137. The highest BCUT2D eigenvalue weighted by Crippen LogP contribution is 2.46. The lowest BCUT2D eigenvalue weighted by Gasteiger charge is -2.44. The predicted octanol–water partition coefficient (Wildman–Crippen LogP) is 3.91. The zero-order valence-electron chi connectivity index (χ0n) is 22.6. The van der Waals surface area contributed by atoms with Gasteiger partial charge in [0.05, 0.1) is 23.0 Å². The largest absolute Gasteiger partial charge is 0.351 e. The molecule has 1 aromatic carbocycles. The van der Waals surface area contributed by atoms with E-state index in [-0.39, 0.29) is 48.4 Å². The van der Waals surface area contributed by atoms with Gasteiger partial charge in [0.25, 0.3) is 17.7 Å². The van der Waals surface area contributed by atoms with Crippen molar-refractivity contribution in [3.05, 3.63) is 83.3 Å². The number of hydrogen-bond acceptors (Lipinski definition) is 6. The Labute approximate surface area is 243 Å². The maximum atomic E-state index is 14.7. The fourth-order valence-electron chi connectivity index (χ4n) is 6.23. The maximum Gasteiger partial charge on any atom is 0.252 e. The second-order valence-corrected chi connectivity index (χ2v) is 10.9. The quantitative estimate of drug-likeness (QED) is 0.434. The van der Waals surface area contributed by atoms with E-state index in [1.807, 2.05) is 6.07 Å². The number of nitrogens with zero attached hydrogens (tertiary/aromatic N) is 5. The summed E-state index contributed by atoms with van der Waals surface area (Å²) >= 11 is 0. The Kier molecular flexibility index (Phi) is 6.87. The second kappa shape index (κ2) is 10.4. The van der Waals surface area contributed by atoms with Crippen LogP contribution in [-0.4, -0.2) is 45.7 Å². The van der Waals surface area contributed by atoms with E-state index < -0.39 is 65.7 Å². The lowest BCUT2D eigenvalue weighted by Crippen LogP contribution is -2.64. The highest BCUT2D eigenvalue weighted by molar-refractivity contribution is 6.12. The summed E-state index contributed by atoms with van der Waals surface area (Å²) in [5.41, 5.74) is -1.39. The van der Waals surface area contributed by atoms with E-state index in [0.29, 0.717) is 11.6 Å². The average Bonchev–Trinajstić information content (AvgIpc) is 3.53. The van der Waals surface area contributed by atoms with Crippen LogP contribution in [0.1, 0.15) is 48.9 Å². The van der Waals surface area contributed by atoms with Crippen molar-refractivity contribution in [3.8, 4) is 6.07 Å². The third kappa shape index (κ3) is 4.86. The lowest BCUT2D eigenvalue weighted by atomic mass is 9.85. The first kappa shape index (κ1) is 28.3. The average molecular weight is 593 g/mol. The molecule has 0 spiro atoms. The van der Waals surface area contributed by atoms with Crippen molar-refractivity contribution in [3.63, 3.8) is 0 Å². The molecule has 0 unspecified atom stereocenters. The molecule has 2 fully saturated rings. The SMILES string of the molecule is N#Cc1ccnc(N2C(=O)CC[C@H]2C(=O)N(c2cc(F)cc(F)c2)[C@@]2(C(=O)NC3CC(F)(F)C3)CCc3cccnc32)c1. The van der Waals surface area contributed by atoms with Gasteiger partial charge in [-0.25, -0.2) is 22.5 Å². The molecule has 3 amide bonds. The van der Waals surface area contributed by atoms with Crippen molar-refractivity contribution >= 4 is 29.2 Å². The van der Waals surface area contributed by atoms with Crippen LogP contribution in [-0.2, 0) is 26.3 Å². The van der Waals surface area contributed by atoms with Crippen LogP contribution in [0, 0.1) is 23.0 Å². The number of aryl methyl sites for hydroxylation is 1. The van der Waals surface area contributed by atoms with Gasteiger partial charge in [-0.05, 0) is 55.2 Å². The minimum atomic E-state index is -2.95. The number of nitrogens with one attached hydrogen (secondary N) is 1. The van der Waals surface area contributed by atoms with Crippen LogP contribution in [0.2, 0.25) is 0 Å². The first-order valence-electron chi connectivity index (χ1n) is 13.6. The molecule has 3 aromatic rings. The molecular formula is C30H24F4N6O3. The van der Waals surface area contributed by atoms with Crippen LogP contribution in [0.5, 0.6) is 0 Å². The van der Waals surface area contributed by atoms with Crippen molar-refractivity contribution in [2.24, 2.45) is 0 Å². The number of halogens is 4. The number of alkyl halides is 2. The number of amides is 3. The number of benzene rings is 1. The summed E-state index contributed by atoms with van der Waals surface area (Å²) in [5.74, 6) is -7.14. The maximum absolute atomic E-state index is 14.7. The van der Waals surface area contributed by atoms with Crippen LogP contribution < -0.4 is 15.1 Å². The van der Waals surface area contributed by atoms with Gasteiger partial charge in [0.1, 0.15) is 23.5 Å². The highest BCUT2D eigenvalue weighted by atomic mass is 19.3. The smallest absolute Gasteiger partial charge is 0.252 e. The molecule has 6 rings (SSSR count). The number of rotatable bonds is 6. The molecule has 13 heteroatoms. The number of carbonyl (C=O) groups excluding carboxylic acids is 3. The summed E-state index contributed by atoms with van der Waals surface area (Å²) in [6.45, 7) is 0.